The average Bonchev–Trinajstić information content (AvgIpc) is 3.10. The maximum atomic E-state index is 6.12. The Bertz CT molecular complexity index is 1240. The number of rotatable bonds is 5. The van der Waals surface area contributed by atoms with Gasteiger partial charge in [-0.2, -0.15) is 0 Å². The fourth-order valence-electron chi connectivity index (χ4n) is 3.58. The van der Waals surface area contributed by atoms with E-state index in [1.54, 1.807) is 0 Å². The van der Waals surface area contributed by atoms with E-state index < -0.39 is 0 Å². The summed E-state index contributed by atoms with van der Waals surface area (Å²) in [6.07, 6.45) is 0. The Morgan fingerprint density at radius 3 is 2.36 bits per heavy atom. The third-order valence-electron chi connectivity index (χ3n) is 5.01. The molecule has 3 nitrogen and oxygen atoms in total. The number of hydrogen-bond donors (Lipinski definition) is 0. The van der Waals surface area contributed by atoms with Crippen LogP contribution in [0.15, 0.2) is 97.1 Å². The number of ether oxygens (including phenoxy) is 1. The van der Waals surface area contributed by atoms with Crippen molar-refractivity contribution in [2.75, 3.05) is 0 Å². The number of fused-ring (bicyclic) bond motifs is 2. The molecule has 0 radical (unpaired) electrons. The van der Waals surface area contributed by atoms with Crippen molar-refractivity contribution >= 4 is 21.8 Å². The predicted molar refractivity (Wildman–Crippen MR) is 114 cm³/mol. The van der Waals surface area contributed by atoms with Gasteiger partial charge < -0.3 is 9.30 Å². The SMILES string of the molecule is c1ccc(Cn2c(COc3ccc4ccccc4c3)nc3ccccc32)cc1. The van der Waals surface area contributed by atoms with Gasteiger partial charge in [0.05, 0.1) is 11.0 Å². The Balaban J connectivity index is 1.46. The van der Waals surface area contributed by atoms with Gasteiger partial charge in [0.15, 0.2) is 0 Å². The lowest BCUT2D eigenvalue weighted by atomic mass is 10.1. The molecule has 0 fully saturated rings. The van der Waals surface area contributed by atoms with Gasteiger partial charge in [-0.05, 0) is 40.6 Å². The van der Waals surface area contributed by atoms with Crippen molar-refractivity contribution in [3.63, 3.8) is 0 Å². The minimum Gasteiger partial charge on any atom is -0.486 e. The molecular weight excluding hydrogens is 344 g/mol. The van der Waals surface area contributed by atoms with Crippen LogP contribution >= 0.6 is 0 Å². The van der Waals surface area contributed by atoms with E-state index in [0.717, 1.165) is 29.2 Å². The highest BCUT2D eigenvalue weighted by molar-refractivity contribution is 5.83. The van der Waals surface area contributed by atoms with Gasteiger partial charge in [0.1, 0.15) is 18.2 Å². The van der Waals surface area contributed by atoms with Crippen molar-refractivity contribution in [1.29, 1.82) is 0 Å². The van der Waals surface area contributed by atoms with Crippen LogP contribution in [0.25, 0.3) is 21.8 Å². The summed E-state index contributed by atoms with van der Waals surface area (Å²) in [4.78, 5) is 4.82. The smallest absolute Gasteiger partial charge is 0.148 e. The number of aromatic nitrogens is 2. The van der Waals surface area contributed by atoms with Gasteiger partial charge in [0.2, 0.25) is 0 Å². The van der Waals surface area contributed by atoms with Crippen molar-refractivity contribution in [2.45, 2.75) is 13.2 Å². The minimum absolute atomic E-state index is 0.430. The zero-order chi connectivity index (χ0) is 18.8. The molecule has 0 bridgehead atoms. The molecule has 28 heavy (non-hydrogen) atoms. The second kappa shape index (κ2) is 7.20. The molecule has 3 heteroatoms. The number of nitrogens with zero attached hydrogens (tertiary/aromatic N) is 2. The lowest BCUT2D eigenvalue weighted by Crippen LogP contribution is -2.08. The van der Waals surface area contributed by atoms with E-state index in [2.05, 4.69) is 77.4 Å². The monoisotopic (exact) mass is 364 g/mol. The van der Waals surface area contributed by atoms with E-state index >= 15 is 0 Å². The maximum absolute atomic E-state index is 6.12. The maximum Gasteiger partial charge on any atom is 0.148 e. The molecule has 0 spiro atoms. The van der Waals surface area contributed by atoms with Gasteiger partial charge in [-0.3, -0.25) is 0 Å². The first-order chi connectivity index (χ1) is 13.9. The van der Waals surface area contributed by atoms with Crippen LogP contribution < -0.4 is 4.74 Å². The van der Waals surface area contributed by atoms with Crippen LogP contribution in [0, 0.1) is 0 Å². The summed E-state index contributed by atoms with van der Waals surface area (Å²) in [6, 6.07) is 33.2. The summed E-state index contributed by atoms with van der Waals surface area (Å²) in [5.41, 5.74) is 3.37. The van der Waals surface area contributed by atoms with Crippen molar-refractivity contribution in [3.05, 3.63) is 108 Å². The topological polar surface area (TPSA) is 27.1 Å². The van der Waals surface area contributed by atoms with Gasteiger partial charge in [-0.25, -0.2) is 4.98 Å². The van der Waals surface area contributed by atoms with Crippen LogP contribution in [0.1, 0.15) is 11.4 Å². The Labute approximate surface area is 163 Å². The molecule has 0 saturated heterocycles. The molecule has 0 N–H and O–H groups in total. The molecule has 0 aliphatic heterocycles. The van der Waals surface area contributed by atoms with E-state index in [1.165, 1.54) is 16.3 Å². The zero-order valence-corrected chi connectivity index (χ0v) is 15.5. The molecule has 5 rings (SSSR count). The predicted octanol–water partition coefficient (Wildman–Crippen LogP) is 5.82. The Hall–Kier alpha value is -3.59. The largest absolute Gasteiger partial charge is 0.486 e. The second-order valence-corrected chi connectivity index (χ2v) is 6.89. The van der Waals surface area contributed by atoms with Crippen LogP contribution in [0.2, 0.25) is 0 Å². The molecule has 4 aromatic carbocycles. The Morgan fingerprint density at radius 1 is 0.714 bits per heavy atom. The number of imidazole rings is 1. The summed E-state index contributed by atoms with van der Waals surface area (Å²) >= 11 is 0. The first kappa shape index (κ1) is 16.6. The van der Waals surface area contributed by atoms with Gasteiger partial charge in [0, 0.05) is 6.54 Å². The van der Waals surface area contributed by atoms with Crippen molar-refractivity contribution < 1.29 is 4.74 Å². The normalized spacial score (nSPS) is 11.1. The standard InChI is InChI=1S/C25H20N2O/c1-2-8-19(9-3-1)17-27-24-13-7-6-12-23(24)26-25(27)18-28-22-15-14-20-10-4-5-11-21(20)16-22/h1-16H,17-18H2. The first-order valence-corrected chi connectivity index (χ1v) is 9.46. The van der Waals surface area contributed by atoms with Crippen LogP contribution in [0.5, 0.6) is 5.75 Å². The number of hydrogen-bond acceptors (Lipinski definition) is 2. The second-order valence-electron chi connectivity index (χ2n) is 6.89. The van der Waals surface area contributed by atoms with Crippen molar-refractivity contribution in [2.24, 2.45) is 0 Å². The summed E-state index contributed by atoms with van der Waals surface area (Å²) in [5, 5.41) is 2.39. The molecule has 0 atom stereocenters. The highest BCUT2D eigenvalue weighted by atomic mass is 16.5. The van der Waals surface area contributed by atoms with E-state index in [-0.39, 0.29) is 0 Å². The van der Waals surface area contributed by atoms with E-state index in [0.29, 0.717) is 6.61 Å². The highest BCUT2D eigenvalue weighted by Crippen LogP contribution is 2.23. The summed E-state index contributed by atoms with van der Waals surface area (Å²) in [7, 11) is 0. The average molecular weight is 364 g/mol. The van der Waals surface area contributed by atoms with Crippen molar-refractivity contribution in [3.8, 4) is 5.75 Å². The lowest BCUT2D eigenvalue weighted by molar-refractivity contribution is 0.291. The Morgan fingerprint density at radius 2 is 1.46 bits per heavy atom. The summed E-state index contributed by atoms with van der Waals surface area (Å²) in [5.74, 6) is 1.79. The zero-order valence-electron chi connectivity index (χ0n) is 15.5. The van der Waals surface area contributed by atoms with Crippen LogP contribution in [-0.2, 0) is 13.2 Å². The van der Waals surface area contributed by atoms with Crippen LogP contribution in [-0.4, -0.2) is 9.55 Å². The van der Waals surface area contributed by atoms with Crippen LogP contribution in [0.4, 0.5) is 0 Å². The third-order valence-corrected chi connectivity index (χ3v) is 5.01. The minimum atomic E-state index is 0.430. The lowest BCUT2D eigenvalue weighted by Gasteiger charge is -2.11. The fourth-order valence-corrected chi connectivity index (χ4v) is 3.58. The van der Waals surface area contributed by atoms with Crippen molar-refractivity contribution in [1.82, 2.24) is 9.55 Å². The summed E-state index contributed by atoms with van der Waals surface area (Å²) in [6.45, 7) is 1.21. The summed E-state index contributed by atoms with van der Waals surface area (Å²) < 4.78 is 8.37. The molecule has 1 heterocycles. The van der Waals surface area contributed by atoms with Gasteiger partial charge in [-0.15, -0.1) is 0 Å². The molecule has 1 aromatic heterocycles. The quantitative estimate of drug-likeness (QED) is 0.393. The van der Waals surface area contributed by atoms with Gasteiger partial charge in [0.25, 0.3) is 0 Å². The van der Waals surface area contributed by atoms with E-state index in [9.17, 15) is 0 Å². The van der Waals surface area contributed by atoms with E-state index in [4.69, 9.17) is 9.72 Å². The Kier molecular flexibility index (Phi) is 4.26. The molecule has 0 amide bonds. The van der Waals surface area contributed by atoms with Gasteiger partial charge >= 0.3 is 0 Å². The first-order valence-electron chi connectivity index (χ1n) is 9.46. The molecular formula is C25H20N2O. The molecule has 0 saturated carbocycles. The highest BCUT2D eigenvalue weighted by Gasteiger charge is 2.11. The fraction of sp³-hybridized carbons (Fsp3) is 0.0800. The number of para-hydroxylation sites is 2. The molecule has 0 aliphatic carbocycles. The molecule has 0 aliphatic rings. The third kappa shape index (κ3) is 3.23. The molecule has 0 unspecified atom stereocenters. The van der Waals surface area contributed by atoms with E-state index in [1.807, 2.05) is 24.3 Å². The number of benzene rings is 4. The molecule has 5 aromatic rings. The van der Waals surface area contributed by atoms with Crippen LogP contribution in [0.3, 0.4) is 0 Å². The molecule has 136 valence electrons. The van der Waals surface area contributed by atoms with Gasteiger partial charge in [-0.1, -0.05) is 72.8 Å².